The SMILES string of the molecule is NC(F)(C(F)(F)F)C(F)(F)OC12C(F)(F)C3(OC(F)(F)C(N)(F)C(F)(F)F)C(F)(F)C(OC(F)(F)C(N)(F)C(F)(F)F)(C1(F)F)C(F)(F)C(OC(F)(F)C(N)(F)C(F)(F)F)(C2(F)F)C3(F)F. The molecule has 4 rings (SSSR count). The van der Waals surface area contributed by atoms with Crippen molar-refractivity contribution in [3.63, 3.8) is 0 Å². The van der Waals surface area contributed by atoms with Gasteiger partial charge in [-0.15, -0.1) is 0 Å². The summed E-state index contributed by atoms with van der Waals surface area (Å²) in [6.45, 7) is 0. The minimum Gasteiger partial charge on any atom is -0.290 e. The average molecular weight is 1080 g/mol. The lowest BCUT2D eigenvalue weighted by Gasteiger charge is -2.79. The highest BCUT2D eigenvalue weighted by Gasteiger charge is 3.24. The molecule has 4 unspecified atom stereocenters. The van der Waals surface area contributed by atoms with Crippen molar-refractivity contribution >= 4 is 0 Å². The minimum absolute atomic E-state index is 1.31. The molecule has 4 aliphatic carbocycles. The predicted octanol–water partition coefficient (Wildman–Crippen LogP) is 7.98. The van der Waals surface area contributed by atoms with Crippen molar-refractivity contribution in [2.45, 2.75) is 130 Å². The lowest BCUT2D eigenvalue weighted by atomic mass is 9.38. The highest BCUT2D eigenvalue weighted by atomic mass is 19.4. The fourth-order valence-corrected chi connectivity index (χ4v) is 6.35. The van der Waals surface area contributed by atoms with Gasteiger partial charge in [0.25, 0.3) is 22.4 Å². The first-order valence-corrected chi connectivity index (χ1v) is 14.6. The summed E-state index contributed by atoms with van der Waals surface area (Å²) in [5, 5.41) is 0. The van der Waals surface area contributed by atoms with E-state index in [1.165, 1.54) is 18.9 Å². The van der Waals surface area contributed by atoms with Crippen molar-refractivity contribution in [1.29, 1.82) is 0 Å². The Morgan fingerprint density at radius 2 is 0.303 bits per heavy atom. The minimum atomic E-state index is -10.3. The van der Waals surface area contributed by atoms with Crippen LogP contribution in [0.3, 0.4) is 0 Å². The van der Waals surface area contributed by atoms with Crippen molar-refractivity contribution in [2.24, 2.45) is 22.9 Å². The molecule has 4 saturated carbocycles. The normalized spacial score (nSPS) is 34.5. The summed E-state index contributed by atoms with van der Waals surface area (Å²) in [7, 11) is 0. The summed E-state index contributed by atoms with van der Waals surface area (Å²) >= 11 is 0. The molecule has 0 aromatic heterocycles. The van der Waals surface area contributed by atoms with Gasteiger partial charge in [0.05, 0.1) is 0 Å². The average Bonchev–Trinajstić information content (AvgIpc) is 3.02. The highest BCUT2D eigenvalue weighted by Crippen LogP contribution is 2.90. The summed E-state index contributed by atoms with van der Waals surface area (Å²) in [5.41, 5.74) is -28.5. The second-order valence-electron chi connectivity index (χ2n) is 13.5. The second-order valence-corrected chi connectivity index (χ2v) is 13.5. The number of rotatable bonds is 12. The lowest BCUT2D eigenvalue weighted by molar-refractivity contribution is -0.688. The molecule has 8 nitrogen and oxygen atoms in total. The van der Waals surface area contributed by atoms with Crippen LogP contribution in [0.1, 0.15) is 0 Å². The summed E-state index contributed by atoms with van der Waals surface area (Å²) in [5.74, 6) is -95.3. The van der Waals surface area contributed by atoms with Crippen molar-refractivity contribution in [2.75, 3.05) is 0 Å². The zero-order chi connectivity index (χ0) is 53.8. The van der Waals surface area contributed by atoms with Gasteiger partial charge in [-0.2, -0.15) is 140 Å². The third-order valence-corrected chi connectivity index (χ3v) is 9.78. The van der Waals surface area contributed by atoms with Gasteiger partial charge >= 0.3 is 108 Å². The number of hydrogen-bond acceptors (Lipinski definition) is 8. The Hall–Kier alpha value is -2.84. The molecule has 0 aromatic carbocycles. The maximum absolute atomic E-state index is 16.5. The van der Waals surface area contributed by atoms with Gasteiger partial charge in [0.1, 0.15) is 0 Å². The predicted molar refractivity (Wildman–Crippen MR) is 121 cm³/mol. The molecule has 4 atom stereocenters. The first-order chi connectivity index (χ1) is 27.8. The van der Waals surface area contributed by atoms with Gasteiger partial charge in [-0.1, -0.05) is 0 Å². The molecule has 0 spiro atoms. The molecule has 8 N–H and O–H groups in total. The first-order valence-electron chi connectivity index (χ1n) is 14.6. The van der Waals surface area contributed by atoms with E-state index in [1.54, 1.807) is 0 Å². The van der Waals surface area contributed by atoms with Crippen LogP contribution >= 0.6 is 0 Å². The van der Waals surface area contributed by atoms with Crippen LogP contribution in [0.5, 0.6) is 0 Å². The fourth-order valence-electron chi connectivity index (χ4n) is 6.35. The summed E-state index contributed by atoms with van der Waals surface area (Å²) in [6, 6.07) is 0. The number of nitrogens with two attached hydrogens (primary N) is 4. The largest absolute Gasteiger partial charge is 0.445 e. The Balaban J connectivity index is 3.13. The monoisotopic (exact) mass is 1080 g/mol. The van der Waals surface area contributed by atoms with E-state index in [-0.39, 0.29) is 0 Å². The van der Waals surface area contributed by atoms with Crippen LogP contribution in [0.15, 0.2) is 0 Å². The molecule has 0 amide bonds. The van der Waals surface area contributed by atoms with Crippen LogP contribution < -0.4 is 22.9 Å². The van der Waals surface area contributed by atoms with Gasteiger partial charge in [-0.25, -0.2) is 17.6 Å². The highest BCUT2D eigenvalue weighted by molar-refractivity contribution is 5.55. The van der Waals surface area contributed by atoms with Crippen molar-refractivity contribution in [3.05, 3.63) is 0 Å². The zero-order valence-corrected chi connectivity index (χ0v) is 28.5. The van der Waals surface area contributed by atoms with Gasteiger partial charge in [-0.3, -0.25) is 41.9 Å². The quantitative estimate of drug-likeness (QED) is 0.114. The molecule has 0 saturated heterocycles. The van der Waals surface area contributed by atoms with Gasteiger partial charge in [0.15, 0.2) is 0 Å². The van der Waals surface area contributed by atoms with E-state index in [9.17, 15) is 105 Å². The van der Waals surface area contributed by atoms with Crippen LogP contribution in [-0.2, 0) is 18.9 Å². The molecular formula is C22H8F36N4O4. The molecule has 44 heteroatoms. The van der Waals surface area contributed by atoms with E-state index in [0.717, 1.165) is 0 Å². The third kappa shape index (κ3) is 5.47. The maximum atomic E-state index is 16.5. The number of alkyl halides is 36. The molecule has 4 bridgehead atoms. The summed E-state index contributed by atoms with van der Waals surface area (Å²) < 4.78 is 540. The van der Waals surface area contributed by atoms with Crippen LogP contribution in [-0.4, -0.2) is 130 Å². The molecule has 0 aliphatic heterocycles. The third-order valence-electron chi connectivity index (χ3n) is 9.78. The smallest absolute Gasteiger partial charge is 0.290 e. The summed E-state index contributed by atoms with van der Waals surface area (Å²) in [6.07, 6.45) is -70.3. The zero-order valence-electron chi connectivity index (χ0n) is 28.5. The van der Waals surface area contributed by atoms with E-state index in [4.69, 9.17) is 0 Å². The van der Waals surface area contributed by atoms with Gasteiger partial charge < -0.3 is 0 Å². The lowest BCUT2D eigenvalue weighted by Crippen LogP contribution is -3.13. The van der Waals surface area contributed by atoms with E-state index in [0.29, 0.717) is 0 Å². The Morgan fingerprint density at radius 3 is 0.379 bits per heavy atom. The van der Waals surface area contributed by atoms with Crippen LogP contribution in [0.2, 0.25) is 0 Å². The topological polar surface area (TPSA) is 141 Å². The fraction of sp³-hybridized carbons (Fsp3) is 1.00. The second kappa shape index (κ2) is 13.1. The number of hydrogen-bond donors (Lipinski definition) is 4. The van der Waals surface area contributed by atoms with Gasteiger partial charge in [0.2, 0.25) is 0 Å². The molecule has 4 fully saturated rings. The molecule has 392 valence electrons. The van der Waals surface area contributed by atoms with Crippen LogP contribution in [0, 0.1) is 0 Å². The van der Waals surface area contributed by atoms with E-state index in [1.807, 2.05) is 0 Å². The molecule has 0 radical (unpaired) electrons. The van der Waals surface area contributed by atoms with Crippen molar-refractivity contribution < 1.29 is 177 Å². The van der Waals surface area contributed by atoms with E-state index < -0.39 is 130 Å². The summed E-state index contributed by atoms with van der Waals surface area (Å²) in [4.78, 5) is 0. The molecule has 0 aromatic rings. The molecular weight excluding hydrogens is 1070 g/mol. The standard InChI is InChI=1S/C22H8F36N4O4/c23-5(24)1(63-19(51,52)11(35,59)15(39,40)41)6(25,26)3(65-21(55,56)13(37,61)17(45,46)47)8(29,30)2(5,64-20(53,54)12(36,60)16(42,43)44)9(31,32)4(7(1,27)28,10(3,33)34)66-22(57,58)14(38,62)18(48,49)50/h59-62H2. The Bertz CT molecular complexity index is 1580. The van der Waals surface area contributed by atoms with Gasteiger partial charge in [-0.05, 0) is 0 Å². The van der Waals surface area contributed by atoms with E-state index in [2.05, 4.69) is 22.9 Å². The number of halogens is 36. The van der Waals surface area contributed by atoms with Crippen molar-refractivity contribution in [1.82, 2.24) is 0 Å². The Morgan fingerprint density at radius 1 is 0.212 bits per heavy atom. The first kappa shape index (κ1) is 57.5. The maximum Gasteiger partial charge on any atom is 0.445 e. The molecule has 4 aliphatic rings. The van der Waals surface area contributed by atoms with Crippen LogP contribution in [0.25, 0.3) is 0 Å². The Kier molecular flexibility index (Phi) is 11.4. The molecule has 66 heavy (non-hydrogen) atoms. The van der Waals surface area contributed by atoms with Crippen LogP contribution in [0.4, 0.5) is 158 Å². The molecule has 0 heterocycles. The van der Waals surface area contributed by atoms with Crippen molar-refractivity contribution in [3.8, 4) is 0 Å². The number of ether oxygens (including phenoxy) is 4. The van der Waals surface area contributed by atoms with Gasteiger partial charge in [0, 0.05) is 0 Å². The Labute approximate surface area is 331 Å². The van der Waals surface area contributed by atoms with E-state index >= 15 is 52.7 Å².